The average Bonchev–Trinajstić information content (AvgIpc) is 2.66. The third kappa shape index (κ3) is 5.00. The van der Waals surface area contributed by atoms with Gasteiger partial charge in [0.25, 0.3) is 0 Å². The van der Waals surface area contributed by atoms with Crippen molar-refractivity contribution in [1.82, 2.24) is 0 Å². The summed E-state index contributed by atoms with van der Waals surface area (Å²) in [4.78, 5) is 10.9. The highest BCUT2D eigenvalue weighted by Gasteiger charge is 2.16. The maximum absolute atomic E-state index is 13.2. The summed E-state index contributed by atoms with van der Waals surface area (Å²) >= 11 is 12.7. The molecule has 0 radical (unpaired) electrons. The van der Waals surface area contributed by atoms with E-state index in [4.69, 9.17) is 33.0 Å². The number of aliphatic carboxylic acids is 1. The van der Waals surface area contributed by atoms with Gasteiger partial charge in [-0.05, 0) is 60.0 Å². The smallest absolute Gasteiger partial charge is 0.344 e. The molecule has 4 nitrogen and oxygen atoms in total. The van der Waals surface area contributed by atoms with Gasteiger partial charge in [-0.25, -0.2) is 9.18 Å². The van der Waals surface area contributed by atoms with Crippen molar-refractivity contribution in [2.24, 2.45) is 0 Å². The van der Waals surface area contributed by atoms with Crippen LogP contribution in [0, 0.1) is 5.82 Å². The number of benzene rings is 3. The number of halogens is 3. The third-order valence-electron chi connectivity index (χ3n) is 4.37. The van der Waals surface area contributed by atoms with E-state index in [1.807, 2.05) is 0 Å². The van der Waals surface area contributed by atoms with Crippen molar-refractivity contribution in [1.29, 1.82) is 0 Å². The molecule has 1 atom stereocenters. The van der Waals surface area contributed by atoms with Crippen molar-refractivity contribution in [3.8, 4) is 22.6 Å². The first-order valence-corrected chi connectivity index (χ1v) is 9.45. The summed E-state index contributed by atoms with van der Waals surface area (Å²) in [7, 11) is 0. The fourth-order valence-electron chi connectivity index (χ4n) is 2.83. The zero-order valence-electron chi connectivity index (χ0n) is 15.3. The highest BCUT2D eigenvalue weighted by atomic mass is 35.5. The number of carboxylic acids is 1. The number of phenolic OH excluding ortho intramolecular Hbond substituents is 1. The van der Waals surface area contributed by atoms with Gasteiger partial charge in [-0.15, -0.1) is 0 Å². The maximum atomic E-state index is 13.2. The van der Waals surface area contributed by atoms with Crippen LogP contribution in [0.1, 0.15) is 18.1 Å². The zero-order valence-corrected chi connectivity index (χ0v) is 16.8. The van der Waals surface area contributed by atoms with Crippen molar-refractivity contribution >= 4 is 29.2 Å². The van der Waals surface area contributed by atoms with Crippen molar-refractivity contribution < 1.29 is 24.1 Å². The average molecular weight is 435 g/mol. The highest BCUT2D eigenvalue weighted by molar-refractivity contribution is 6.36. The number of hydrogen-bond acceptors (Lipinski definition) is 3. The highest BCUT2D eigenvalue weighted by Crippen LogP contribution is 2.35. The van der Waals surface area contributed by atoms with Gasteiger partial charge >= 0.3 is 5.97 Å². The summed E-state index contributed by atoms with van der Waals surface area (Å²) in [6.45, 7) is 1.41. The largest absolute Gasteiger partial charge is 0.507 e. The van der Waals surface area contributed by atoms with Crippen LogP contribution in [0.3, 0.4) is 0 Å². The van der Waals surface area contributed by atoms with E-state index in [1.165, 1.54) is 31.2 Å². The molecule has 29 heavy (non-hydrogen) atoms. The fraction of sp³-hybridized carbons (Fsp3) is 0.136. The van der Waals surface area contributed by atoms with Gasteiger partial charge in [0.15, 0.2) is 6.10 Å². The molecule has 0 fully saturated rings. The molecule has 3 rings (SSSR count). The normalized spacial score (nSPS) is 11.9. The first-order valence-electron chi connectivity index (χ1n) is 8.70. The second kappa shape index (κ2) is 8.72. The van der Waals surface area contributed by atoms with Crippen LogP contribution in [0.25, 0.3) is 11.1 Å². The molecule has 3 aromatic carbocycles. The molecule has 0 aromatic heterocycles. The summed E-state index contributed by atoms with van der Waals surface area (Å²) < 4.78 is 18.5. The Bertz CT molecular complexity index is 1030. The van der Waals surface area contributed by atoms with E-state index in [9.17, 15) is 14.3 Å². The Kier molecular flexibility index (Phi) is 6.30. The Morgan fingerprint density at radius 2 is 1.69 bits per heavy atom. The summed E-state index contributed by atoms with van der Waals surface area (Å²) in [5, 5.41) is 19.8. The van der Waals surface area contributed by atoms with E-state index in [-0.39, 0.29) is 17.3 Å². The first kappa shape index (κ1) is 21.0. The fourth-order valence-corrected chi connectivity index (χ4v) is 3.43. The van der Waals surface area contributed by atoms with Crippen molar-refractivity contribution in [3.63, 3.8) is 0 Å². The van der Waals surface area contributed by atoms with Crippen LogP contribution in [-0.4, -0.2) is 22.3 Å². The molecule has 0 spiro atoms. The Hall–Kier alpha value is -2.76. The van der Waals surface area contributed by atoms with Crippen molar-refractivity contribution in [2.45, 2.75) is 19.4 Å². The van der Waals surface area contributed by atoms with Crippen LogP contribution in [0.15, 0.2) is 54.6 Å². The van der Waals surface area contributed by atoms with Gasteiger partial charge in [0, 0.05) is 22.0 Å². The molecule has 0 aliphatic carbocycles. The summed E-state index contributed by atoms with van der Waals surface area (Å²) in [6, 6.07) is 13.9. The van der Waals surface area contributed by atoms with Crippen LogP contribution in [-0.2, 0) is 11.2 Å². The van der Waals surface area contributed by atoms with Crippen LogP contribution >= 0.6 is 23.2 Å². The van der Waals surface area contributed by atoms with Gasteiger partial charge < -0.3 is 14.9 Å². The monoisotopic (exact) mass is 434 g/mol. The molecule has 0 heterocycles. The number of rotatable bonds is 6. The van der Waals surface area contributed by atoms with E-state index in [0.29, 0.717) is 33.2 Å². The maximum Gasteiger partial charge on any atom is 0.344 e. The molecule has 0 aliphatic heterocycles. The van der Waals surface area contributed by atoms with Gasteiger partial charge in [0.2, 0.25) is 0 Å². The van der Waals surface area contributed by atoms with E-state index in [0.717, 1.165) is 5.56 Å². The second-order valence-corrected chi connectivity index (χ2v) is 7.31. The Morgan fingerprint density at radius 1 is 1.07 bits per heavy atom. The van der Waals surface area contributed by atoms with E-state index >= 15 is 0 Å². The molecule has 0 aliphatic rings. The Balaban J connectivity index is 1.89. The van der Waals surface area contributed by atoms with Gasteiger partial charge in [-0.3, -0.25) is 0 Å². The van der Waals surface area contributed by atoms with Crippen LogP contribution in [0.2, 0.25) is 10.0 Å². The molecular formula is C22H17Cl2FO4. The minimum Gasteiger partial charge on any atom is -0.507 e. The molecule has 3 aromatic rings. The molecule has 0 unspecified atom stereocenters. The molecule has 150 valence electrons. The number of phenols is 1. The minimum absolute atomic E-state index is 0.0731. The predicted molar refractivity (Wildman–Crippen MR) is 110 cm³/mol. The van der Waals surface area contributed by atoms with Gasteiger partial charge in [-0.2, -0.15) is 0 Å². The predicted octanol–water partition coefficient (Wildman–Crippen LogP) is 5.95. The third-order valence-corrected chi connectivity index (χ3v) is 5.05. The number of ether oxygens (including phenoxy) is 1. The van der Waals surface area contributed by atoms with E-state index in [1.54, 1.807) is 30.3 Å². The number of aromatic hydroxyl groups is 1. The van der Waals surface area contributed by atoms with Gasteiger partial charge in [0.05, 0.1) is 0 Å². The number of hydrogen-bond donors (Lipinski definition) is 2. The molecule has 0 saturated carbocycles. The Morgan fingerprint density at radius 3 is 2.28 bits per heavy atom. The van der Waals surface area contributed by atoms with E-state index < -0.39 is 12.1 Å². The Labute approximate surface area is 177 Å². The van der Waals surface area contributed by atoms with Crippen LogP contribution in [0.4, 0.5) is 4.39 Å². The van der Waals surface area contributed by atoms with Gasteiger partial charge in [0.1, 0.15) is 17.3 Å². The van der Waals surface area contributed by atoms with Crippen molar-refractivity contribution in [2.75, 3.05) is 0 Å². The summed E-state index contributed by atoms with van der Waals surface area (Å²) in [5.41, 5.74) is 2.71. The molecule has 0 amide bonds. The summed E-state index contributed by atoms with van der Waals surface area (Å²) in [6.07, 6.45) is -0.663. The van der Waals surface area contributed by atoms with Crippen LogP contribution < -0.4 is 4.74 Å². The molecule has 7 heteroatoms. The first-order chi connectivity index (χ1) is 13.7. The lowest BCUT2D eigenvalue weighted by atomic mass is 9.98. The lowest BCUT2D eigenvalue weighted by Gasteiger charge is -2.14. The zero-order chi connectivity index (χ0) is 21.1. The molecule has 0 saturated heterocycles. The SMILES string of the molecule is C[C@H](Oc1cc(Cl)c(Cc2ccc(O)c(-c3ccc(F)cc3)c2)c(Cl)c1)C(=O)O. The minimum atomic E-state index is -1.10. The standard InChI is InChI=1S/C22H17Cl2FO4/c1-12(22(27)28)29-16-10-19(23)18(20(24)11-16)9-13-2-7-21(26)17(8-13)14-3-5-15(25)6-4-14/h2-8,10-12,26H,9H2,1H3,(H,27,28)/t12-/m0/s1. The van der Waals surface area contributed by atoms with Crippen LogP contribution in [0.5, 0.6) is 11.5 Å². The second-order valence-electron chi connectivity index (χ2n) is 6.50. The quantitative estimate of drug-likeness (QED) is 0.502. The van der Waals surface area contributed by atoms with Crippen molar-refractivity contribution in [3.05, 3.63) is 81.6 Å². The number of carboxylic acid groups (broad SMARTS) is 1. The summed E-state index contributed by atoms with van der Waals surface area (Å²) in [5.74, 6) is -1.12. The number of carbonyl (C=O) groups is 1. The lowest BCUT2D eigenvalue weighted by molar-refractivity contribution is -0.144. The van der Waals surface area contributed by atoms with E-state index in [2.05, 4.69) is 0 Å². The lowest BCUT2D eigenvalue weighted by Crippen LogP contribution is -2.22. The topological polar surface area (TPSA) is 66.8 Å². The van der Waals surface area contributed by atoms with Gasteiger partial charge in [-0.1, -0.05) is 41.4 Å². The molecular weight excluding hydrogens is 418 g/mol. The molecule has 2 N–H and O–H groups in total. The molecule has 0 bridgehead atoms.